The van der Waals surface area contributed by atoms with Gasteiger partial charge in [0.15, 0.2) is 5.92 Å². The van der Waals surface area contributed by atoms with Crippen LogP contribution >= 0.6 is 0 Å². The number of carbonyl (C=O) groups is 1. The van der Waals surface area contributed by atoms with Crippen molar-refractivity contribution >= 4 is 5.97 Å². The number of carboxylic acids is 1. The first-order chi connectivity index (χ1) is 8.21. The maximum Gasteiger partial charge on any atom is 0.403 e. The smallest absolute Gasteiger partial charge is 0.403 e. The van der Waals surface area contributed by atoms with E-state index in [4.69, 9.17) is 5.11 Å². The van der Waals surface area contributed by atoms with Crippen molar-refractivity contribution in [3.63, 3.8) is 0 Å². The summed E-state index contributed by atoms with van der Waals surface area (Å²) in [4.78, 5) is 12.2. The van der Waals surface area contributed by atoms with Crippen molar-refractivity contribution in [3.05, 3.63) is 0 Å². The van der Waals surface area contributed by atoms with Gasteiger partial charge >= 0.3 is 12.1 Å². The molecule has 3 nitrogen and oxygen atoms in total. The molecular weight excluding hydrogens is 247 g/mol. The lowest BCUT2D eigenvalue weighted by atomic mass is 9.86. The van der Waals surface area contributed by atoms with Crippen LogP contribution in [0.4, 0.5) is 13.2 Å². The molecule has 0 radical (unpaired) electrons. The number of halogens is 3. The van der Waals surface area contributed by atoms with Crippen molar-refractivity contribution in [2.45, 2.75) is 44.8 Å². The van der Waals surface area contributed by atoms with Gasteiger partial charge in [-0.1, -0.05) is 6.92 Å². The summed E-state index contributed by atoms with van der Waals surface area (Å²) in [6.07, 6.45) is -0.983. The van der Waals surface area contributed by atoms with Crippen LogP contribution in [0.15, 0.2) is 0 Å². The van der Waals surface area contributed by atoms with E-state index in [0.29, 0.717) is 5.92 Å². The Labute approximate surface area is 105 Å². The Balaban J connectivity index is 2.56. The van der Waals surface area contributed by atoms with E-state index in [1.807, 2.05) is 0 Å². The SMILES string of the molecule is CC1CCC(N(C)CC(C(=O)O)C(F)(F)F)CC1. The first-order valence-electron chi connectivity index (χ1n) is 6.21. The molecule has 1 rings (SSSR count). The van der Waals surface area contributed by atoms with Gasteiger partial charge in [0.25, 0.3) is 0 Å². The van der Waals surface area contributed by atoms with Gasteiger partial charge < -0.3 is 10.0 Å². The van der Waals surface area contributed by atoms with Crippen molar-refractivity contribution in [1.82, 2.24) is 4.90 Å². The number of nitrogens with zero attached hydrogens (tertiary/aromatic N) is 1. The molecule has 0 heterocycles. The zero-order valence-corrected chi connectivity index (χ0v) is 10.7. The van der Waals surface area contributed by atoms with Crippen molar-refractivity contribution in [1.29, 1.82) is 0 Å². The van der Waals surface area contributed by atoms with Gasteiger partial charge in [-0.05, 0) is 38.6 Å². The predicted octanol–water partition coefficient (Wildman–Crippen LogP) is 2.76. The molecule has 0 saturated heterocycles. The van der Waals surface area contributed by atoms with Gasteiger partial charge in [0, 0.05) is 12.6 Å². The molecule has 1 atom stereocenters. The number of rotatable bonds is 4. The zero-order valence-electron chi connectivity index (χ0n) is 10.7. The summed E-state index contributed by atoms with van der Waals surface area (Å²) in [5.41, 5.74) is 0. The maximum atomic E-state index is 12.6. The highest BCUT2D eigenvalue weighted by Crippen LogP contribution is 2.30. The second-order valence-corrected chi connectivity index (χ2v) is 5.29. The highest BCUT2D eigenvalue weighted by Gasteiger charge is 2.46. The van der Waals surface area contributed by atoms with Crippen LogP contribution in [0, 0.1) is 11.8 Å². The minimum atomic E-state index is -4.68. The summed E-state index contributed by atoms with van der Waals surface area (Å²) in [6, 6.07) is 0.0744. The largest absolute Gasteiger partial charge is 0.481 e. The summed E-state index contributed by atoms with van der Waals surface area (Å²) >= 11 is 0. The first kappa shape index (κ1) is 15.3. The summed E-state index contributed by atoms with van der Waals surface area (Å²) in [5, 5.41) is 8.65. The van der Waals surface area contributed by atoms with Crippen LogP contribution in [-0.2, 0) is 4.79 Å². The molecule has 0 aromatic heterocycles. The Bertz CT molecular complexity index is 286. The van der Waals surface area contributed by atoms with Crippen LogP contribution in [0.5, 0.6) is 0 Å². The zero-order chi connectivity index (χ0) is 13.9. The molecule has 1 aliphatic rings. The Morgan fingerprint density at radius 2 is 1.83 bits per heavy atom. The average Bonchev–Trinajstić information content (AvgIpc) is 2.24. The number of alkyl halides is 3. The minimum Gasteiger partial charge on any atom is -0.481 e. The molecule has 0 aliphatic heterocycles. The lowest BCUT2D eigenvalue weighted by molar-refractivity contribution is -0.197. The normalized spacial score (nSPS) is 27.2. The molecular formula is C12H20F3NO2. The van der Waals surface area contributed by atoms with E-state index >= 15 is 0 Å². The van der Waals surface area contributed by atoms with Crippen molar-refractivity contribution in [2.24, 2.45) is 11.8 Å². The van der Waals surface area contributed by atoms with Crippen LogP contribution in [-0.4, -0.2) is 41.8 Å². The third-order valence-corrected chi connectivity index (χ3v) is 3.77. The van der Waals surface area contributed by atoms with E-state index in [2.05, 4.69) is 6.92 Å². The van der Waals surface area contributed by atoms with E-state index < -0.39 is 24.6 Å². The third kappa shape index (κ3) is 4.15. The standard InChI is InChI=1S/C12H20F3NO2/c1-8-3-5-9(6-4-8)16(2)7-10(11(17)18)12(13,14)15/h8-10H,3-7H2,1-2H3,(H,17,18). The number of hydrogen-bond acceptors (Lipinski definition) is 2. The summed E-state index contributed by atoms with van der Waals surface area (Å²) in [7, 11) is 1.59. The molecule has 106 valence electrons. The Kier molecular flexibility index (Phi) is 5.01. The molecule has 0 aromatic carbocycles. The van der Waals surface area contributed by atoms with Crippen molar-refractivity contribution in [3.8, 4) is 0 Å². The lowest BCUT2D eigenvalue weighted by Crippen LogP contribution is -2.44. The molecule has 0 amide bonds. The molecule has 6 heteroatoms. The topological polar surface area (TPSA) is 40.5 Å². The van der Waals surface area contributed by atoms with E-state index in [-0.39, 0.29) is 6.04 Å². The predicted molar refractivity (Wildman–Crippen MR) is 61.2 cm³/mol. The third-order valence-electron chi connectivity index (χ3n) is 3.77. The van der Waals surface area contributed by atoms with E-state index in [0.717, 1.165) is 25.7 Å². The molecule has 1 N–H and O–H groups in total. The molecule has 1 aliphatic carbocycles. The Hall–Kier alpha value is -0.780. The second kappa shape index (κ2) is 5.91. The second-order valence-electron chi connectivity index (χ2n) is 5.29. The van der Waals surface area contributed by atoms with E-state index in [1.54, 1.807) is 11.9 Å². The molecule has 1 saturated carbocycles. The average molecular weight is 267 g/mol. The fourth-order valence-corrected chi connectivity index (χ4v) is 2.44. The highest BCUT2D eigenvalue weighted by molar-refractivity contribution is 5.71. The van der Waals surface area contributed by atoms with Gasteiger partial charge in [-0.2, -0.15) is 13.2 Å². The Morgan fingerprint density at radius 1 is 1.33 bits per heavy atom. The first-order valence-corrected chi connectivity index (χ1v) is 6.21. The summed E-state index contributed by atoms with van der Waals surface area (Å²) in [5.74, 6) is -3.46. The minimum absolute atomic E-state index is 0.0744. The molecule has 0 spiro atoms. The van der Waals surface area contributed by atoms with Crippen LogP contribution < -0.4 is 0 Å². The van der Waals surface area contributed by atoms with Gasteiger partial charge in [0.1, 0.15) is 0 Å². The van der Waals surface area contributed by atoms with Gasteiger partial charge in [-0.15, -0.1) is 0 Å². The number of aliphatic carboxylic acids is 1. The van der Waals surface area contributed by atoms with Gasteiger partial charge in [0.2, 0.25) is 0 Å². The number of hydrogen-bond donors (Lipinski definition) is 1. The molecule has 1 unspecified atom stereocenters. The fourth-order valence-electron chi connectivity index (χ4n) is 2.44. The van der Waals surface area contributed by atoms with Crippen LogP contribution in [0.25, 0.3) is 0 Å². The monoisotopic (exact) mass is 267 g/mol. The lowest BCUT2D eigenvalue weighted by Gasteiger charge is -2.35. The highest BCUT2D eigenvalue weighted by atomic mass is 19.4. The summed E-state index contributed by atoms with van der Waals surface area (Å²) in [6.45, 7) is 1.67. The molecule has 18 heavy (non-hydrogen) atoms. The fraction of sp³-hybridized carbons (Fsp3) is 0.917. The molecule has 1 fully saturated rings. The molecule has 0 bridgehead atoms. The van der Waals surface area contributed by atoms with E-state index in [9.17, 15) is 18.0 Å². The number of carboxylic acid groups (broad SMARTS) is 1. The van der Waals surface area contributed by atoms with Crippen molar-refractivity contribution < 1.29 is 23.1 Å². The van der Waals surface area contributed by atoms with Crippen LogP contribution in [0.2, 0.25) is 0 Å². The van der Waals surface area contributed by atoms with Crippen LogP contribution in [0.3, 0.4) is 0 Å². The van der Waals surface area contributed by atoms with E-state index in [1.165, 1.54) is 0 Å². The van der Waals surface area contributed by atoms with Gasteiger partial charge in [-0.25, -0.2) is 0 Å². The quantitative estimate of drug-likeness (QED) is 0.851. The van der Waals surface area contributed by atoms with Crippen molar-refractivity contribution in [2.75, 3.05) is 13.6 Å². The summed E-state index contributed by atoms with van der Waals surface area (Å²) < 4.78 is 37.7. The van der Waals surface area contributed by atoms with Gasteiger partial charge in [-0.3, -0.25) is 4.79 Å². The van der Waals surface area contributed by atoms with Crippen LogP contribution in [0.1, 0.15) is 32.6 Å². The van der Waals surface area contributed by atoms with Gasteiger partial charge in [0.05, 0.1) is 0 Å². The molecule has 0 aromatic rings. The maximum absolute atomic E-state index is 12.6. The Morgan fingerprint density at radius 3 is 2.22 bits per heavy atom.